The van der Waals surface area contributed by atoms with Crippen molar-refractivity contribution in [3.63, 3.8) is 0 Å². The van der Waals surface area contributed by atoms with Gasteiger partial charge in [-0.15, -0.1) is 11.3 Å². The second-order valence-corrected chi connectivity index (χ2v) is 6.94. The van der Waals surface area contributed by atoms with Gasteiger partial charge in [0.15, 0.2) is 0 Å². The average molecular weight is 350 g/mol. The Morgan fingerprint density at radius 3 is 2.67 bits per heavy atom. The number of carbonyl (C=O) groups excluding carboxylic acids is 1. The summed E-state index contributed by atoms with van der Waals surface area (Å²) in [6.45, 7) is 5.45. The molecule has 0 saturated carbocycles. The third kappa shape index (κ3) is 4.38. The number of amides is 1. The van der Waals surface area contributed by atoms with Crippen LogP contribution in [0.25, 0.3) is 10.6 Å². The van der Waals surface area contributed by atoms with Gasteiger partial charge in [0, 0.05) is 5.56 Å². The molecule has 1 heterocycles. The van der Waals surface area contributed by atoms with Crippen LogP contribution in [0.2, 0.25) is 0 Å². The molecule has 128 valence electrons. The lowest BCUT2D eigenvalue weighted by Gasteiger charge is -2.15. The first-order valence-electron chi connectivity index (χ1n) is 7.55. The molecule has 1 aromatic carbocycles. The smallest absolute Gasteiger partial charge is 0.326 e. The van der Waals surface area contributed by atoms with Crippen molar-refractivity contribution in [1.29, 1.82) is 0 Å². The highest BCUT2D eigenvalue weighted by Crippen LogP contribution is 2.28. The quantitative estimate of drug-likeness (QED) is 0.836. The summed E-state index contributed by atoms with van der Waals surface area (Å²) in [6, 6.07) is 5.02. The van der Waals surface area contributed by atoms with Crippen molar-refractivity contribution < 1.29 is 19.1 Å². The molecule has 0 bridgehead atoms. The number of hydrogen-bond donors (Lipinski definition) is 2. The average Bonchev–Trinajstić information content (AvgIpc) is 2.88. The first kappa shape index (κ1) is 18.1. The van der Waals surface area contributed by atoms with Crippen LogP contribution in [0.3, 0.4) is 0 Å². The number of carboxylic acid groups (broad SMARTS) is 1. The summed E-state index contributed by atoms with van der Waals surface area (Å²) in [6.07, 6.45) is 0.343. The molecule has 5 nitrogen and oxygen atoms in total. The van der Waals surface area contributed by atoms with Crippen LogP contribution in [-0.2, 0) is 4.79 Å². The van der Waals surface area contributed by atoms with E-state index in [2.05, 4.69) is 10.3 Å². The van der Waals surface area contributed by atoms with E-state index in [4.69, 9.17) is 0 Å². The molecule has 7 heteroatoms. The zero-order valence-corrected chi connectivity index (χ0v) is 14.5. The zero-order valence-electron chi connectivity index (χ0n) is 13.7. The molecule has 0 spiro atoms. The third-order valence-corrected chi connectivity index (χ3v) is 4.59. The Labute approximate surface area is 143 Å². The Morgan fingerprint density at radius 1 is 1.38 bits per heavy atom. The van der Waals surface area contributed by atoms with E-state index in [9.17, 15) is 19.1 Å². The minimum Gasteiger partial charge on any atom is -0.480 e. The lowest BCUT2D eigenvalue weighted by molar-refractivity contribution is -0.139. The van der Waals surface area contributed by atoms with Gasteiger partial charge < -0.3 is 10.4 Å². The molecule has 0 aliphatic rings. The summed E-state index contributed by atoms with van der Waals surface area (Å²) in [5.74, 6) is -1.78. The Kier molecular flexibility index (Phi) is 5.66. The summed E-state index contributed by atoms with van der Waals surface area (Å²) in [5, 5.41) is 12.3. The normalized spacial score (nSPS) is 12.2. The standard InChI is InChI=1S/C17H19FN2O3S/c1-9(2)7-13(17(22)23)20-15(21)14-10(3)19-16(24-14)11-5-4-6-12(18)8-11/h4-6,8-9,13H,7H2,1-3H3,(H,20,21)(H,22,23)/t13-/m1/s1. The summed E-state index contributed by atoms with van der Waals surface area (Å²) < 4.78 is 13.3. The van der Waals surface area contributed by atoms with Crippen LogP contribution in [0.1, 0.15) is 35.6 Å². The highest BCUT2D eigenvalue weighted by Gasteiger charge is 2.24. The molecular weight excluding hydrogens is 331 g/mol. The number of carboxylic acids is 1. The van der Waals surface area contributed by atoms with Gasteiger partial charge in [-0.1, -0.05) is 26.0 Å². The molecule has 2 rings (SSSR count). The fourth-order valence-electron chi connectivity index (χ4n) is 2.27. The molecule has 0 unspecified atom stereocenters. The van der Waals surface area contributed by atoms with Gasteiger partial charge in [-0.05, 0) is 31.4 Å². The molecule has 24 heavy (non-hydrogen) atoms. The molecule has 2 aromatic rings. The van der Waals surface area contributed by atoms with Crippen LogP contribution in [0, 0.1) is 18.7 Å². The summed E-state index contributed by atoms with van der Waals surface area (Å²) >= 11 is 1.12. The Hall–Kier alpha value is -2.28. The predicted molar refractivity (Wildman–Crippen MR) is 90.6 cm³/mol. The topological polar surface area (TPSA) is 79.3 Å². The molecular formula is C17H19FN2O3S. The van der Waals surface area contributed by atoms with Crippen LogP contribution in [0.15, 0.2) is 24.3 Å². The fraction of sp³-hybridized carbons (Fsp3) is 0.353. The summed E-state index contributed by atoms with van der Waals surface area (Å²) in [7, 11) is 0. The number of aliphatic carboxylic acids is 1. The van der Waals surface area contributed by atoms with E-state index in [1.165, 1.54) is 12.1 Å². The second-order valence-electron chi connectivity index (χ2n) is 5.94. The van der Waals surface area contributed by atoms with E-state index in [0.717, 1.165) is 11.3 Å². The number of aryl methyl sites for hydroxylation is 1. The molecule has 0 aliphatic carbocycles. The van der Waals surface area contributed by atoms with E-state index in [0.29, 0.717) is 27.6 Å². The van der Waals surface area contributed by atoms with Crippen LogP contribution in [-0.4, -0.2) is 28.0 Å². The number of aromatic nitrogens is 1. The minimum absolute atomic E-state index is 0.136. The molecule has 0 saturated heterocycles. The van der Waals surface area contributed by atoms with E-state index < -0.39 is 17.9 Å². The van der Waals surface area contributed by atoms with Crippen molar-refractivity contribution in [2.45, 2.75) is 33.2 Å². The van der Waals surface area contributed by atoms with Crippen molar-refractivity contribution in [2.75, 3.05) is 0 Å². The molecule has 0 fully saturated rings. The van der Waals surface area contributed by atoms with Gasteiger partial charge in [0.05, 0.1) is 5.69 Å². The first-order chi connectivity index (χ1) is 11.3. The number of hydrogen-bond acceptors (Lipinski definition) is 4. The second kappa shape index (κ2) is 7.53. The largest absolute Gasteiger partial charge is 0.480 e. The number of thiazole rings is 1. The van der Waals surface area contributed by atoms with Crippen molar-refractivity contribution in [1.82, 2.24) is 10.3 Å². The van der Waals surface area contributed by atoms with Crippen molar-refractivity contribution >= 4 is 23.2 Å². The third-order valence-electron chi connectivity index (χ3n) is 3.38. The van der Waals surface area contributed by atoms with Crippen LogP contribution in [0.4, 0.5) is 4.39 Å². The van der Waals surface area contributed by atoms with E-state index in [1.807, 2.05) is 13.8 Å². The van der Waals surface area contributed by atoms with Gasteiger partial charge >= 0.3 is 5.97 Å². The predicted octanol–water partition coefficient (Wildman–Crippen LogP) is 3.49. The number of benzene rings is 1. The van der Waals surface area contributed by atoms with Crippen molar-refractivity contribution in [3.8, 4) is 10.6 Å². The molecule has 1 amide bonds. The lowest BCUT2D eigenvalue weighted by Crippen LogP contribution is -2.41. The number of rotatable bonds is 6. The zero-order chi connectivity index (χ0) is 17.9. The van der Waals surface area contributed by atoms with Crippen LogP contribution in [0.5, 0.6) is 0 Å². The number of halogens is 1. The molecule has 2 N–H and O–H groups in total. The Morgan fingerprint density at radius 2 is 2.08 bits per heavy atom. The van der Waals surface area contributed by atoms with E-state index in [1.54, 1.807) is 19.1 Å². The highest BCUT2D eigenvalue weighted by atomic mass is 32.1. The summed E-state index contributed by atoms with van der Waals surface area (Å²) in [5.41, 5.74) is 1.07. The molecule has 1 aromatic heterocycles. The highest BCUT2D eigenvalue weighted by molar-refractivity contribution is 7.17. The van der Waals surface area contributed by atoms with Crippen molar-refractivity contribution in [3.05, 3.63) is 40.7 Å². The maximum Gasteiger partial charge on any atom is 0.326 e. The Bertz CT molecular complexity index is 758. The van der Waals surface area contributed by atoms with Gasteiger partial charge in [-0.2, -0.15) is 0 Å². The van der Waals surface area contributed by atoms with Crippen LogP contribution >= 0.6 is 11.3 Å². The van der Waals surface area contributed by atoms with Gasteiger partial charge in [0.1, 0.15) is 21.7 Å². The molecule has 0 radical (unpaired) electrons. The Balaban J connectivity index is 2.22. The monoisotopic (exact) mass is 350 g/mol. The fourth-order valence-corrected chi connectivity index (χ4v) is 3.23. The van der Waals surface area contributed by atoms with Crippen LogP contribution < -0.4 is 5.32 Å². The van der Waals surface area contributed by atoms with Gasteiger partial charge in [-0.3, -0.25) is 4.79 Å². The van der Waals surface area contributed by atoms with Gasteiger partial charge in [0.25, 0.3) is 5.91 Å². The van der Waals surface area contributed by atoms with Crippen molar-refractivity contribution in [2.24, 2.45) is 5.92 Å². The number of nitrogens with one attached hydrogen (secondary N) is 1. The van der Waals surface area contributed by atoms with E-state index >= 15 is 0 Å². The van der Waals surface area contributed by atoms with Gasteiger partial charge in [-0.25, -0.2) is 14.2 Å². The maximum absolute atomic E-state index is 13.3. The number of carbonyl (C=O) groups is 2. The van der Waals surface area contributed by atoms with Gasteiger partial charge in [0.2, 0.25) is 0 Å². The molecule has 0 aliphatic heterocycles. The minimum atomic E-state index is -1.07. The maximum atomic E-state index is 13.3. The lowest BCUT2D eigenvalue weighted by atomic mass is 10.0. The summed E-state index contributed by atoms with van der Waals surface area (Å²) in [4.78, 5) is 28.3. The molecule has 1 atom stereocenters. The number of nitrogens with zero attached hydrogens (tertiary/aromatic N) is 1. The SMILES string of the molecule is Cc1nc(-c2cccc(F)c2)sc1C(=O)N[C@H](CC(C)C)C(=O)O. The first-order valence-corrected chi connectivity index (χ1v) is 8.36. The van der Waals surface area contributed by atoms with E-state index in [-0.39, 0.29) is 11.7 Å².